The van der Waals surface area contributed by atoms with E-state index in [4.69, 9.17) is 11.6 Å². The predicted octanol–water partition coefficient (Wildman–Crippen LogP) is 4.18. The number of amides is 1. The topological polar surface area (TPSA) is 29.1 Å². The zero-order valence-electron chi connectivity index (χ0n) is 11.7. The Morgan fingerprint density at radius 1 is 1.10 bits per heavy atom. The maximum atomic E-state index is 11.7. The summed E-state index contributed by atoms with van der Waals surface area (Å²) in [7, 11) is 0. The highest BCUT2D eigenvalue weighted by molar-refractivity contribution is 7.99. The Bertz CT molecular complexity index is 574. The molecular weight excluding hydrogens is 302 g/mol. The lowest BCUT2D eigenvalue weighted by Gasteiger charge is -2.06. The van der Waals surface area contributed by atoms with E-state index in [1.165, 1.54) is 4.90 Å². The summed E-state index contributed by atoms with van der Waals surface area (Å²) < 4.78 is 0. The standard InChI is InChI=1S/C17H18ClNOS/c18-15-6-4-5-14(13-15)9-11-19-17(20)10-12-21-16-7-2-1-3-8-16/h1-8,13H,9-12H2,(H,19,20). The van der Waals surface area contributed by atoms with Gasteiger partial charge in [0.1, 0.15) is 0 Å². The van der Waals surface area contributed by atoms with Crippen LogP contribution in [0.5, 0.6) is 0 Å². The van der Waals surface area contributed by atoms with Crippen LogP contribution in [0.2, 0.25) is 5.02 Å². The van der Waals surface area contributed by atoms with E-state index < -0.39 is 0 Å². The monoisotopic (exact) mass is 319 g/mol. The summed E-state index contributed by atoms with van der Waals surface area (Å²) in [5.41, 5.74) is 1.14. The number of rotatable bonds is 7. The zero-order valence-corrected chi connectivity index (χ0v) is 13.3. The fraction of sp³-hybridized carbons (Fsp3) is 0.235. The molecule has 0 aliphatic heterocycles. The molecule has 1 N–H and O–H groups in total. The van der Waals surface area contributed by atoms with Crippen LogP contribution in [0, 0.1) is 0 Å². The second-order valence-corrected chi connectivity index (χ2v) is 6.25. The van der Waals surface area contributed by atoms with Gasteiger partial charge in [0.2, 0.25) is 5.91 Å². The van der Waals surface area contributed by atoms with Crippen LogP contribution in [0.15, 0.2) is 59.5 Å². The van der Waals surface area contributed by atoms with Crippen LogP contribution < -0.4 is 5.32 Å². The van der Waals surface area contributed by atoms with Crippen molar-refractivity contribution < 1.29 is 4.79 Å². The minimum absolute atomic E-state index is 0.0976. The molecule has 2 aromatic rings. The van der Waals surface area contributed by atoms with Gasteiger partial charge in [0, 0.05) is 28.6 Å². The molecule has 0 radical (unpaired) electrons. The van der Waals surface area contributed by atoms with Crippen LogP contribution in [0.25, 0.3) is 0 Å². The molecule has 2 nitrogen and oxygen atoms in total. The van der Waals surface area contributed by atoms with Crippen LogP contribution in [-0.4, -0.2) is 18.2 Å². The molecular formula is C17H18ClNOS. The van der Waals surface area contributed by atoms with E-state index in [-0.39, 0.29) is 5.91 Å². The Morgan fingerprint density at radius 2 is 1.90 bits per heavy atom. The minimum Gasteiger partial charge on any atom is -0.356 e. The minimum atomic E-state index is 0.0976. The number of thioether (sulfide) groups is 1. The summed E-state index contributed by atoms with van der Waals surface area (Å²) in [5, 5.41) is 3.68. The van der Waals surface area contributed by atoms with Crippen molar-refractivity contribution in [2.75, 3.05) is 12.3 Å². The SMILES string of the molecule is O=C(CCSc1ccccc1)NCCc1cccc(Cl)c1. The molecule has 4 heteroatoms. The molecule has 0 spiro atoms. The van der Waals surface area contributed by atoms with E-state index in [2.05, 4.69) is 17.4 Å². The molecule has 0 heterocycles. The van der Waals surface area contributed by atoms with Gasteiger partial charge < -0.3 is 5.32 Å². The lowest BCUT2D eigenvalue weighted by Crippen LogP contribution is -2.25. The first kappa shape index (κ1) is 15.9. The molecule has 0 bridgehead atoms. The van der Waals surface area contributed by atoms with Crippen LogP contribution in [0.3, 0.4) is 0 Å². The van der Waals surface area contributed by atoms with Crippen molar-refractivity contribution in [2.24, 2.45) is 0 Å². The lowest BCUT2D eigenvalue weighted by molar-refractivity contribution is -0.120. The molecule has 2 rings (SSSR count). The van der Waals surface area contributed by atoms with Crippen molar-refractivity contribution in [2.45, 2.75) is 17.7 Å². The second-order valence-electron chi connectivity index (χ2n) is 4.64. The van der Waals surface area contributed by atoms with Gasteiger partial charge in [-0.05, 0) is 36.2 Å². The molecule has 0 fully saturated rings. The smallest absolute Gasteiger partial charge is 0.220 e. The Morgan fingerprint density at radius 3 is 2.67 bits per heavy atom. The van der Waals surface area contributed by atoms with Crippen molar-refractivity contribution >= 4 is 29.3 Å². The summed E-state index contributed by atoms with van der Waals surface area (Å²) in [5.74, 6) is 0.896. The van der Waals surface area contributed by atoms with Crippen LogP contribution in [0.4, 0.5) is 0 Å². The fourth-order valence-corrected chi connectivity index (χ4v) is 2.99. The average Bonchev–Trinajstić information content (AvgIpc) is 2.48. The summed E-state index contributed by atoms with van der Waals surface area (Å²) >= 11 is 7.63. The number of benzene rings is 2. The van der Waals surface area contributed by atoms with Gasteiger partial charge in [0.05, 0.1) is 0 Å². The Kier molecular flexibility index (Phi) is 6.64. The van der Waals surface area contributed by atoms with Crippen molar-refractivity contribution in [3.63, 3.8) is 0 Å². The molecule has 0 unspecified atom stereocenters. The molecule has 110 valence electrons. The van der Waals surface area contributed by atoms with Crippen molar-refractivity contribution in [1.29, 1.82) is 0 Å². The quantitative estimate of drug-likeness (QED) is 0.776. The van der Waals surface area contributed by atoms with Gasteiger partial charge >= 0.3 is 0 Å². The van der Waals surface area contributed by atoms with E-state index in [0.717, 1.165) is 22.8 Å². The highest BCUT2D eigenvalue weighted by Crippen LogP contribution is 2.17. The van der Waals surface area contributed by atoms with Gasteiger partial charge in [0.25, 0.3) is 0 Å². The third-order valence-corrected chi connectivity index (χ3v) is 4.21. The molecule has 2 aromatic carbocycles. The van der Waals surface area contributed by atoms with Gasteiger partial charge in [0.15, 0.2) is 0 Å². The van der Waals surface area contributed by atoms with Gasteiger partial charge in [-0.25, -0.2) is 0 Å². The molecule has 0 aliphatic rings. The number of hydrogen-bond donors (Lipinski definition) is 1. The predicted molar refractivity (Wildman–Crippen MR) is 89.9 cm³/mol. The fourth-order valence-electron chi connectivity index (χ4n) is 1.91. The normalized spacial score (nSPS) is 10.3. The molecule has 0 saturated carbocycles. The van der Waals surface area contributed by atoms with Crippen LogP contribution in [0.1, 0.15) is 12.0 Å². The first-order valence-electron chi connectivity index (χ1n) is 6.93. The summed E-state index contributed by atoms with van der Waals surface area (Å²) in [6.07, 6.45) is 1.34. The molecule has 1 amide bonds. The Hall–Kier alpha value is -1.45. The van der Waals surface area contributed by atoms with Crippen LogP contribution in [-0.2, 0) is 11.2 Å². The van der Waals surface area contributed by atoms with Crippen molar-refractivity contribution in [3.8, 4) is 0 Å². The number of hydrogen-bond acceptors (Lipinski definition) is 2. The highest BCUT2D eigenvalue weighted by Gasteiger charge is 2.02. The average molecular weight is 320 g/mol. The number of halogens is 1. The van der Waals surface area contributed by atoms with E-state index in [0.29, 0.717) is 13.0 Å². The lowest BCUT2D eigenvalue weighted by atomic mass is 10.1. The van der Waals surface area contributed by atoms with Crippen molar-refractivity contribution in [3.05, 3.63) is 65.2 Å². The maximum absolute atomic E-state index is 11.7. The molecule has 21 heavy (non-hydrogen) atoms. The first-order valence-corrected chi connectivity index (χ1v) is 8.29. The highest BCUT2D eigenvalue weighted by atomic mass is 35.5. The van der Waals surface area contributed by atoms with Gasteiger partial charge in [-0.1, -0.05) is 41.9 Å². The largest absolute Gasteiger partial charge is 0.356 e. The van der Waals surface area contributed by atoms with Crippen LogP contribution >= 0.6 is 23.4 Å². The van der Waals surface area contributed by atoms with E-state index >= 15 is 0 Å². The maximum Gasteiger partial charge on any atom is 0.220 e. The third-order valence-electron chi connectivity index (χ3n) is 2.97. The molecule has 0 saturated heterocycles. The summed E-state index contributed by atoms with van der Waals surface area (Å²) in [6.45, 7) is 0.648. The molecule has 0 aromatic heterocycles. The third kappa shape index (κ3) is 6.23. The number of carbonyl (C=O) groups excluding carboxylic acids is 1. The second kappa shape index (κ2) is 8.75. The number of carbonyl (C=O) groups is 1. The summed E-state index contributed by atoms with van der Waals surface area (Å²) in [6, 6.07) is 17.8. The number of nitrogens with one attached hydrogen (secondary N) is 1. The van der Waals surface area contributed by atoms with Crippen molar-refractivity contribution in [1.82, 2.24) is 5.32 Å². The van der Waals surface area contributed by atoms with Gasteiger partial charge in [-0.2, -0.15) is 0 Å². The molecule has 0 atom stereocenters. The first-order chi connectivity index (χ1) is 10.2. The molecule has 0 aliphatic carbocycles. The van der Waals surface area contributed by atoms with E-state index in [1.54, 1.807) is 11.8 Å². The Labute approximate surface area is 134 Å². The van der Waals surface area contributed by atoms with E-state index in [9.17, 15) is 4.79 Å². The zero-order chi connectivity index (χ0) is 14.9. The van der Waals surface area contributed by atoms with Gasteiger partial charge in [-0.15, -0.1) is 11.8 Å². The Balaban J connectivity index is 1.61. The van der Waals surface area contributed by atoms with E-state index in [1.807, 2.05) is 42.5 Å². The summed E-state index contributed by atoms with van der Waals surface area (Å²) in [4.78, 5) is 12.9. The van der Waals surface area contributed by atoms with Gasteiger partial charge in [-0.3, -0.25) is 4.79 Å².